The van der Waals surface area contributed by atoms with Crippen LogP contribution < -0.4 is 0 Å². The van der Waals surface area contributed by atoms with Gasteiger partial charge in [-0.05, 0) is 90.4 Å². The SMILES string of the molecule is C[C@]12CCC(=O)C=C1CC[C@@H]1[C@@H]2CC[C@]2(C)C(c3cncc(F)c3)=CC[C@@H]12. The summed E-state index contributed by atoms with van der Waals surface area (Å²) in [6, 6.07) is 1.65. The Morgan fingerprint density at radius 1 is 1.07 bits per heavy atom. The van der Waals surface area contributed by atoms with Crippen LogP contribution in [0.25, 0.3) is 5.57 Å². The average molecular weight is 365 g/mol. The van der Waals surface area contributed by atoms with Gasteiger partial charge in [0.05, 0.1) is 6.20 Å². The predicted octanol–water partition coefficient (Wildman–Crippen LogP) is 5.75. The van der Waals surface area contributed by atoms with E-state index in [0.29, 0.717) is 30.0 Å². The van der Waals surface area contributed by atoms with E-state index in [1.165, 1.54) is 30.2 Å². The zero-order chi connectivity index (χ0) is 18.8. The van der Waals surface area contributed by atoms with Crippen LogP contribution in [0.4, 0.5) is 4.39 Å². The maximum absolute atomic E-state index is 13.8. The van der Waals surface area contributed by atoms with Crippen molar-refractivity contribution in [2.24, 2.45) is 28.6 Å². The number of allylic oxidation sites excluding steroid dienone is 4. The maximum atomic E-state index is 13.8. The molecule has 0 radical (unpaired) electrons. The second kappa shape index (κ2) is 5.86. The van der Waals surface area contributed by atoms with E-state index in [2.05, 4.69) is 24.9 Å². The van der Waals surface area contributed by atoms with E-state index in [1.54, 1.807) is 6.07 Å². The van der Waals surface area contributed by atoms with Gasteiger partial charge in [0.25, 0.3) is 0 Å². The lowest BCUT2D eigenvalue weighted by Crippen LogP contribution is -2.49. The molecule has 142 valence electrons. The summed E-state index contributed by atoms with van der Waals surface area (Å²) in [5.74, 6) is 2.09. The van der Waals surface area contributed by atoms with E-state index in [4.69, 9.17) is 0 Å². The first-order valence-corrected chi connectivity index (χ1v) is 10.5. The average Bonchev–Trinajstić information content (AvgIpc) is 2.99. The number of fused-ring (bicyclic) bond motifs is 5. The molecular weight excluding hydrogens is 337 g/mol. The summed E-state index contributed by atoms with van der Waals surface area (Å²) in [6.07, 6.45) is 14.9. The molecule has 4 aliphatic rings. The quantitative estimate of drug-likeness (QED) is 0.634. The molecule has 0 N–H and O–H groups in total. The van der Waals surface area contributed by atoms with Gasteiger partial charge in [0, 0.05) is 12.6 Å². The van der Waals surface area contributed by atoms with Gasteiger partial charge in [0.15, 0.2) is 5.78 Å². The van der Waals surface area contributed by atoms with Crippen molar-refractivity contribution in [3.63, 3.8) is 0 Å². The number of hydrogen-bond acceptors (Lipinski definition) is 2. The van der Waals surface area contributed by atoms with Gasteiger partial charge in [-0.2, -0.15) is 0 Å². The van der Waals surface area contributed by atoms with E-state index < -0.39 is 0 Å². The molecule has 1 heterocycles. The first-order valence-electron chi connectivity index (χ1n) is 10.5. The van der Waals surface area contributed by atoms with Gasteiger partial charge in [-0.25, -0.2) is 4.39 Å². The number of carbonyl (C=O) groups excluding carboxylic acids is 1. The van der Waals surface area contributed by atoms with Crippen LogP contribution in [0.2, 0.25) is 0 Å². The minimum atomic E-state index is -0.249. The molecule has 3 heteroatoms. The smallest absolute Gasteiger partial charge is 0.155 e. The third-order valence-corrected chi connectivity index (χ3v) is 8.56. The van der Waals surface area contributed by atoms with Gasteiger partial charge < -0.3 is 0 Å². The third kappa shape index (κ3) is 2.43. The lowest BCUT2D eigenvalue weighted by Gasteiger charge is -2.57. The van der Waals surface area contributed by atoms with Crippen LogP contribution in [0.5, 0.6) is 0 Å². The van der Waals surface area contributed by atoms with E-state index in [9.17, 15) is 9.18 Å². The summed E-state index contributed by atoms with van der Waals surface area (Å²) in [5.41, 5.74) is 4.02. The van der Waals surface area contributed by atoms with E-state index in [0.717, 1.165) is 31.2 Å². The molecule has 0 aromatic carbocycles. The number of nitrogens with zero attached hydrogens (tertiary/aromatic N) is 1. The Labute approximate surface area is 161 Å². The summed E-state index contributed by atoms with van der Waals surface area (Å²) >= 11 is 0. The number of hydrogen-bond donors (Lipinski definition) is 0. The van der Waals surface area contributed by atoms with E-state index >= 15 is 0 Å². The molecule has 0 amide bonds. The van der Waals surface area contributed by atoms with Crippen LogP contribution in [0.1, 0.15) is 64.4 Å². The van der Waals surface area contributed by atoms with Gasteiger partial charge in [-0.1, -0.05) is 25.5 Å². The molecule has 1 aromatic rings. The topological polar surface area (TPSA) is 30.0 Å². The van der Waals surface area contributed by atoms with Gasteiger partial charge in [0.1, 0.15) is 5.82 Å². The Morgan fingerprint density at radius 2 is 1.93 bits per heavy atom. The second-order valence-corrected chi connectivity index (χ2v) is 9.67. The lowest BCUT2D eigenvalue weighted by atomic mass is 9.46. The molecule has 0 spiro atoms. The number of halogens is 1. The molecule has 2 fully saturated rings. The molecule has 0 unspecified atom stereocenters. The fourth-order valence-corrected chi connectivity index (χ4v) is 7.13. The molecule has 4 aliphatic carbocycles. The molecule has 0 saturated heterocycles. The Hall–Kier alpha value is -1.77. The Kier molecular flexibility index (Phi) is 3.76. The van der Waals surface area contributed by atoms with Crippen LogP contribution in [-0.2, 0) is 4.79 Å². The highest BCUT2D eigenvalue weighted by Gasteiger charge is 2.57. The summed E-state index contributed by atoms with van der Waals surface area (Å²) in [4.78, 5) is 16.1. The molecule has 2 nitrogen and oxygen atoms in total. The minimum absolute atomic E-state index is 0.124. The standard InChI is InChI=1S/C24H28FNO/c1-23-9-7-18(27)12-16(23)3-4-19-21-6-5-20(15-11-17(25)14-26-13-15)24(21,2)10-8-22(19)23/h5,11-14,19,21-22H,3-4,6-10H2,1-2H3/t19-,21-,22-,23-,24+/m0/s1. The van der Waals surface area contributed by atoms with Crippen LogP contribution in [0.3, 0.4) is 0 Å². The van der Waals surface area contributed by atoms with Crippen molar-refractivity contribution in [1.29, 1.82) is 0 Å². The second-order valence-electron chi connectivity index (χ2n) is 9.67. The molecule has 1 aromatic heterocycles. The van der Waals surface area contributed by atoms with Gasteiger partial charge >= 0.3 is 0 Å². The Balaban J connectivity index is 1.48. The Morgan fingerprint density at radius 3 is 2.74 bits per heavy atom. The summed E-state index contributed by atoms with van der Waals surface area (Å²) in [5, 5.41) is 0. The van der Waals surface area contributed by atoms with E-state index in [1.807, 2.05) is 12.3 Å². The zero-order valence-corrected chi connectivity index (χ0v) is 16.3. The lowest BCUT2D eigenvalue weighted by molar-refractivity contribution is -0.117. The number of pyridine rings is 1. The van der Waals surface area contributed by atoms with Crippen molar-refractivity contribution >= 4 is 11.4 Å². The van der Waals surface area contributed by atoms with Crippen molar-refractivity contribution in [2.75, 3.05) is 0 Å². The Bertz CT molecular complexity index is 871. The minimum Gasteiger partial charge on any atom is -0.295 e. The fraction of sp³-hybridized carbons (Fsp3) is 0.583. The monoisotopic (exact) mass is 365 g/mol. The highest BCUT2D eigenvalue weighted by Crippen LogP contribution is 2.66. The van der Waals surface area contributed by atoms with Crippen LogP contribution >= 0.6 is 0 Å². The van der Waals surface area contributed by atoms with Crippen LogP contribution in [-0.4, -0.2) is 10.8 Å². The number of carbonyl (C=O) groups is 1. The predicted molar refractivity (Wildman–Crippen MR) is 104 cm³/mol. The molecule has 27 heavy (non-hydrogen) atoms. The van der Waals surface area contributed by atoms with E-state index in [-0.39, 0.29) is 16.6 Å². The molecule has 5 rings (SSSR count). The summed E-state index contributed by atoms with van der Waals surface area (Å²) < 4.78 is 13.8. The largest absolute Gasteiger partial charge is 0.295 e. The van der Waals surface area contributed by atoms with Crippen LogP contribution in [0.15, 0.2) is 36.2 Å². The number of aromatic nitrogens is 1. The molecule has 0 bridgehead atoms. The highest BCUT2D eigenvalue weighted by molar-refractivity contribution is 5.91. The molecule has 5 atom stereocenters. The molecule has 2 saturated carbocycles. The van der Waals surface area contributed by atoms with Crippen molar-refractivity contribution in [1.82, 2.24) is 4.98 Å². The maximum Gasteiger partial charge on any atom is 0.155 e. The first-order chi connectivity index (χ1) is 12.9. The number of rotatable bonds is 1. The van der Waals surface area contributed by atoms with Crippen molar-refractivity contribution < 1.29 is 9.18 Å². The fourth-order valence-electron chi connectivity index (χ4n) is 7.13. The first kappa shape index (κ1) is 17.3. The van der Waals surface area contributed by atoms with Gasteiger partial charge in [-0.3, -0.25) is 9.78 Å². The highest BCUT2D eigenvalue weighted by atomic mass is 19.1. The van der Waals surface area contributed by atoms with Crippen molar-refractivity contribution in [3.05, 3.63) is 47.6 Å². The van der Waals surface area contributed by atoms with Crippen LogP contribution in [0, 0.1) is 34.4 Å². The summed E-state index contributed by atoms with van der Waals surface area (Å²) in [7, 11) is 0. The van der Waals surface area contributed by atoms with Gasteiger partial charge in [-0.15, -0.1) is 0 Å². The molecular formula is C24H28FNO. The van der Waals surface area contributed by atoms with Crippen molar-refractivity contribution in [2.45, 2.75) is 58.8 Å². The summed E-state index contributed by atoms with van der Waals surface area (Å²) in [6.45, 7) is 4.82. The normalized spacial score (nSPS) is 40.6. The van der Waals surface area contributed by atoms with Crippen molar-refractivity contribution in [3.8, 4) is 0 Å². The third-order valence-electron chi connectivity index (χ3n) is 8.56. The van der Waals surface area contributed by atoms with Gasteiger partial charge in [0.2, 0.25) is 0 Å². The molecule has 0 aliphatic heterocycles. The zero-order valence-electron chi connectivity index (χ0n) is 16.3. The number of ketones is 1.